The van der Waals surface area contributed by atoms with E-state index < -0.39 is 37.7 Å². The van der Waals surface area contributed by atoms with Gasteiger partial charge in [-0.2, -0.15) is 8.42 Å². The van der Waals surface area contributed by atoms with E-state index in [-0.39, 0.29) is 24.2 Å². The largest absolute Gasteiger partial charge is 0.264 e. The fourth-order valence-electron chi connectivity index (χ4n) is 1.92. The van der Waals surface area contributed by atoms with Crippen molar-refractivity contribution in [2.75, 3.05) is 18.3 Å². The van der Waals surface area contributed by atoms with Crippen molar-refractivity contribution in [3.63, 3.8) is 0 Å². The van der Waals surface area contributed by atoms with Crippen molar-refractivity contribution in [3.05, 3.63) is 35.4 Å². The average Bonchev–Trinajstić information content (AvgIpc) is 2.33. The minimum Gasteiger partial charge on any atom is -0.262 e. The van der Waals surface area contributed by atoms with E-state index >= 15 is 0 Å². The van der Waals surface area contributed by atoms with E-state index in [0.717, 1.165) is 30.7 Å². The zero-order valence-electron chi connectivity index (χ0n) is 12.3. The van der Waals surface area contributed by atoms with E-state index in [1.807, 2.05) is 0 Å². The lowest BCUT2D eigenvalue weighted by atomic mass is 10.0. The highest BCUT2D eigenvalue weighted by Gasteiger charge is 2.22. The van der Waals surface area contributed by atoms with Crippen LogP contribution in [0.5, 0.6) is 0 Å². The summed E-state index contributed by atoms with van der Waals surface area (Å²) in [5.74, 6) is -1.56. The van der Waals surface area contributed by atoms with Gasteiger partial charge in [0, 0.05) is 17.6 Å². The summed E-state index contributed by atoms with van der Waals surface area (Å²) in [6.07, 6.45) is 1.34. The van der Waals surface area contributed by atoms with Gasteiger partial charge in [0.15, 0.2) is 0 Å². The van der Waals surface area contributed by atoms with Gasteiger partial charge in [0.05, 0.1) is 6.26 Å². The highest BCUT2D eigenvalue weighted by atomic mass is 32.2. The number of halogens is 2. The zero-order valence-corrected chi connectivity index (χ0v) is 13.9. The Hall–Kier alpha value is -1.06. The van der Waals surface area contributed by atoms with Gasteiger partial charge in [0.1, 0.15) is 27.6 Å². The summed E-state index contributed by atoms with van der Waals surface area (Å²) in [7, 11) is -7.00. The van der Waals surface area contributed by atoms with Crippen LogP contribution in [-0.2, 0) is 24.1 Å². The SMILES string of the molecule is CS(=O)(=O)CCCCC(OS(C)(=O)=O)c1cc(F)ccc1F. The molecule has 126 valence electrons. The van der Waals surface area contributed by atoms with Crippen LogP contribution in [0.3, 0.4) is 0 Å². The van der Waals surface area contributed by atoms with E-state index in [9.17, 15) is 25.6 Å². The molecule has 0 amide bonds. The second-order valence-corrected chi connectivity index (χ2v) is 8.94. The summed E-state index contributed by atoms with van der Waals surface area (Å²) < 4.78 is 76.4. The lowest BCUT2D eigenvalue weighted by Gasteiger charge is -2.17. The van der Waals surface area contributed by atoms with Crippen molar-refractivity contribution >= 4 is 20.0 Å². The Kier molecular flexibility index (Phi) is 6.45. The van der Waals surface area contributed by atoms with Crippen molar-refractivity contribution in [2.24, 2.45) is 0 Å². The monoisotopic (exact) mass is 356 g/mol. The zero-order chi connectivity index (χ0) is 17.0. The first-order valence-corrected chi connectivity index (χ1v) is 10.4. The molecule has 0 aromatic heterocycles. The number of benzene rings is 1. The number of hydrogen-bond acceptors (Lipinski definition) is 5. The molecule has 0 bridgehead atoms. The quantitative estimate of drug-likeness (QED) is 0.527. The minimum absolute atomic E-state index is 0.0585. The van der Waals surface area contributed by atoms with Crippen molar-refractivity contribution in [1.82, 2.24) is 0 Å². The molecule has 1 atom stereocenters. The molecule has 0 heterocycles. The maximum Gasteiger partial charge on any atom is 0.264 e. The Morgan fingerprint density at radius 2 is 1.73 bits per heavy atom. The van der Waals surface area contributed by atoms with Crippen molar-refractivity contribution in [2.45, 2.75) is 25.4 Å². The van der Waals surface area contributed by atoms with Crippen LogP contribution >= 0.6 is 0 Å². The summed E-state index contributed by atoms with van der Waals surface area (Å²) >= 11 is 0. The van der Waals surface area contributed by atoms with Crippen LogP contribution in [0.25, 0.3) is 0 Å². The van der Waals surface area contributed by atoms with Gasteiger partial charge in [-0.25, -0.2) is 17.2 Å². The van der Waals surface area contributed by atoms with Crippen LogP contribution in [0.4, 0.5) is 8.78 Å². The van der Waals surface area contributed by atoms with Gasteiger partial charge in [0.2, 0.25) is 0 Å². The van der Waals surface area contributed by atoms with E-state index in [0.29, 0.717) is 6.42 Å². The molecule has 0 radical (unpaired) electrons. The van der Waals surface area contributed by atoms with Gasteiger partial charge in [-0.05, 0) is 37.5 Å². The molecule has 0 N–H and O–H groups in total. The molecule has 0 saturated carbocycles. The molecule has 0 aliphatic carbocycles. The molecule has 0 aliphatic heterocycles. The lowest BCUT2D eigenvalue weighted by Crippen LogP contribution is -2.13. The smallest absolute Gasteiger partial charge is 0.262 e. The van der Waals surface area contributed by atoms with Gasteiger partial charge in [-0.15, -0.1) is 0 Å². The van der Waals surface area contributed by atoms with E-state index in [1.165, 1.54) is 0 Å². The third-order valence-electron chi connectivity index (χ3n) is 2.83. The Morgan fingerprint density at radius 1 is 1.09 bits per heavy atom. The van der Waals surface area contributed by atoms with E-state index in [2.05, 4.69) is 0 Å². The van der Waals surface area contributed by atoms with Crippen LogP contribution in [0.1, 0.15) is 30.9 Å². The molecular formula is C13H18F2O5S2. The summed E-state index contributed by atoms with van der Waals surface area (Å²) in [6, 6.07) is 2.68. The molecule has 1 aromatic rings. The van der Waals surface area contributed by atoms with Crippen LogP contribution in [-0.4, -0.2) is 35.1 Å². The normalized spacial score (nSPS) is 14.0. The maximum absolute atomic E-state index is 13.8. The molecular weight excluding hydrogens is 338 g/mol. The van der Waals surface area contributed by atoms with Crippen molar-refractivity contribution < 1.29 is 29.8 Å². The van der Waals surface area contributed by atoms with Gasteiger partial charge in [-0.1, -0.05) is 0 Å². The summed E-state index contributed by atoms with van der Waals surface area (Å²) in [5.41, 5.74) is -0.204. The fraction of sp³-hybridized carbons (Fsp3) is 0.538. The Labute approximate surface area is 129 Å². The molecule has 0 fully saturated rings. The first-order chi connectivity index (χ1) is 9.98. The second-order valence-electron chi connectivity index (χ2n) is 5.08. The number of sulfone groups is 1. The molecule has 1 unspecified atom stereocenters. The van der Waals surface area contributed by atoms with Gasteiger partial charge in [0.25, 0.3) is 10.1 Å². The highest BCUT2D eigenvalue weighted by molar-refractivity contribution is 7.90. The van der Waals surface area contributed by atoms with Crippen LogP contribution < -0.4 is 0 Å². The first-order valence-electron chi connectivity index (χ1n) is 6.49. The topological polar surface area (TPSA) is 77.5 Å². The Morgan fingerprint density at radius 3 is 2.27 bits per heavy atom. The second kappa shape index (κ2) is 7.47. The average molecular weight is 356 g/mol. The summed E-state index contributed by atoms with van der Waals surface area (Å²) in [4.78, 5) is 0. The highest BCUT2D eigenvalue weighted by Crippen LogP contribution is 2.28. The minimum atomic E-state index is -3.87. The molecule has 0 saturated heterocycles. The maximum atomic E-state index is 13.8. The molecule has 1 rings (SSSR count). The van der Waals surface area contributed by atoms with Gasteiger partial charge in [-0.3, -0.25) is 4.18 Å². The molecule has 5 nitrogen and oxygen atoms in total. The fourth-order valence-corrected chi connectivity index (χ4v) is 3.27. The lowest BCUT2D eigenvalue weighted by molar-refractivity contribution is 0.196. The third-order valence-corrected chi connectivity index (χ3v) is 4.44. The molecule has 0 aliphatic rings. The number of unbranched alkanes of at least 4 members (excludes halogenated alkanes) is 1. The molecule has 0 spiro atoms. The van der Waals surface area contributed by atoms with E-state index in [4.69, 9.17) is 4.18 Å². The first kappa shape index (κ1) is 19.0. The standard InChI is InChI=1S/C13H18F2O5S2/c1-21(16,17)8-4-3-5-13(20-22(2,18)19)11-9-10(14)6-7-12(11)15/h6-7,9,13H,3-5,8H2,1-2H3. The summed E-state index contributed by atoms with van der Waals surface area (Å²) in [5, 5.41) is 0. The third kappa shape index (κ3) is 7.28. The molecule has 1 aromatic carbocycles. The van der Waals surface area contributed by atoms with Crippen LogP contribution in [0.15, 0.2) is 18.2 Å². The molecule has 9 heteroatoms. The number of hydrogen-bond donors (Lipinski definition) is 0. The van der Waals surface area contributed by atoms with Crippen LogP contribution in [0.2, 0.25) is 0 Å². The van der Waals surface area contributed by atoms with E-state index in [1.54, 1.807) is 0 Å². The van der Waals surface area contributed by atoms with Gasteiger partial charge < -0.3 is 0 Å². The van der Waals surface area contributed by atoms with Crippen molar-refractivity contribution in [3.8, 4) is 0 Å². The Balaban J connectivity index is 2.87. The summed E-state index contributed by atoms with van der Waals surface area (Å²) in [6.45, 7) is 0. The Bertz CT molecular complexity index is 714. The predicted octanol–water partition coefficient (Wildman–Crippen LogP) is 2.20. The predicted molar refractivity (Wildman–Crippen MR) is 78.6 cm³/mol. The number of rotatable bonds is 8. The van der Waals surface area contributed by atoms with Gasteiger partial charge >= 0.3 is 0 Å². The van der Waals surface area contributed by atoms with Crippen LogP contribution in [0, 0.1) is 11.6 Å². The van der Waals surface area contributed by atoms with Crippen molar-refractivity contribution in [1.29, 1.82) is 0 Å². The molecule has 22 heavy (non-hydrogen) atoms.